The lowest BCUT2D eigenvalue weighted by Gasteiger charge is -2.35. The third-order valence-corrected chi connectivity index (χ3v) is 4.01. The molecular weight excluding hydrogens is 212 g/mol. The molecule has 1 aromatic rings. The average Bonchev–Trinajstić information content (AvgIpc) is 2.73. The first-order valence-corrected chi connectivity index (χ1v) is 6.31. The van der Waals surface area contributed by atoms with Gasteiger partial charge in [0.15, 0.2) is 0 Å². The van der Waals surface area contributed by atoms with E-state index in [9.17, 15) is 0 Å². The van der Waals surface area contributed by atoms with Crippen LogP contribution in [0.3, 0.4) is 0 Å². The first-order valence-electron chi connectivity index (χ1n) is 6.31. The number of ether oxygens (including phenoxy) is 1. The van der Waals surface area contributed by atoms with Gasteiger partial charge in [-0.2, -0.15) is 0 Å². The van der Waals surface area contributed by atoms with Crippen molar-refractivity contribution in [1.29, 1.82) is 0 Å². The summed E-state index contributed by atoms with van der Waals surface area (Å²) in [5, 5.41) is 0. The van der Waals surface area contributed by atoms with Gasteiger partial charge in [-0.15, -0.1) is 0 Å². The highest BCUT2D eigenvalue weighted by Gasteiger charge is 2.41. The second-order valence-electron chi connectivity index (χ2n) is 5.12. The van der Waals surface area contributed by atoms with Crippen molar-refractivity contribution in [2.24, 2.45) is 10.7 Å². The van der Waals surface area contributed by atoms with E-state index < -0.39 is 0 Å². The van der Waals surface area contributed by atoms with Gasteiger partial charge < -0.3 is 10.5 Å². The summed E-state index contributed by atoms with van der Waals surface area (Å²) in [4.78, 5) is 4.18. The number of aliphatic imine (C=N–C) groups is 1. The normalized spacial score (nSPS) is 32.2. The molecule has 0 amide bonds. The lowest BCUT2D eigenvalue weighted by Crippen LogP contribution is -2.38. The number of hydrogen-bond acceptors (Lipinski definition) is 3. The predicted octanol–water partition coefficient (Wildman–Crippen LogP) is 2.43. The summed E-state index contributed by atoms with van der Waals surface area (Å²) < 4.78 is 5.70. The van der Waals surface area contributed by atoms with Gasteiger partial charge in [0.2, 0.25) is 0 Å². The molecule has 0 bridgehead atoms. The standard InChI is InChI=1S/C14H18N2O/c15-13-16-10-14(17-13)8-6-12(7-9-14)11-4-2-1-3-5-11/h1-5,12H,6-10H2,(H2,15,16). The molecule has 0 atom stereocenters. The van der Waals surface area contributed by atoms with Crippen LogP contribution in [0.2, 0.25) is 0 Å². The Morgan fingerprint density at radius 1 is 1.18 bits per heavy atom. The molecule has 2 aliphatic rings. The Kier molecular flexibility index (Phi) is 2.54. The van der Waals surface area contributed by atoms with E-state index in [1.165, 1.54) is 18.4 Å². The molecule has 1 fully saturated rings. The molecule has 3 heteroatoms. The highest BCUT2D eigenvalue weighted by molar-refractivity contribution is 5.73. The number of benzene rings is 1. The third-order valence-electron chi connectivity index (χ3n) is 4.01. The molecule has 0 radical (unpaired) electrons. The number of rotatable bonds is 1. The second kappa shape index (κ2) is 4.06. The number of hydrogen-bond donors (Lipinski definition) is 1. The van der Waals surface area contributed by atoms with Crippen molar-refractivity contribution in [2.45, 2.75) is 37.2 Å². The molecule has 1 aromatic carbocycles. The lowest BCUT2D eigenvalue weighted by molar-refractivity contribution is 0.0395. The largest absolute Gasteiger partial charge is 0.457 e. The van der Waals surface area contributed by atoms with Crippen LogP contribution in [-0.2, 0) is 4.74 Å². The van der Waals surface area contributed by atoms with Crippen LogP contribution in [0, 0.1) is 0 Å². The predicted molar refractivity (Wildman–Crippen MR) is 68.0 cm³/mol. The van der Waals surface area contributed by atoms with E-state index >= 15 is 0 Å². The maximum Gasteiger partial charge on any atom is 0.282 e. The minimum Gasteiger partial charge on any atom is -0.457 e. The zero-order chi connectivity index (χ0) is 11.7. The Balaban J connectivity index is 1.65. The molecule has 1 aliphatic heterocycles. The van der Waals surface area contributed by atoms with Gasteiger partial charge in [0.05, 0.1) is 6.54 Å². The van der Waals surface area contributed by atoms with E-state index in [0.29, 0.717) is 11.9 Å². The van der Waals surface area contributed by atoms with Crippen LogP contribution in [-0.4, -0.2) is 18.2 Å². The summed E-state index contributed by atoms with van der Waals surface area (Å²) in [6, 6.07) is 11.1. The van der Waals surface area contributed by atoms with E-state index in [1.807, 2.05) is 0 Å². The van der Waals surface area contributed by atoms with E-state index in [0.717, 1.165) is 19.4 Å². The molecule has 1 saturated carbocycles. The Labute approximate surface area is 102 Å². The van der Waals surface area contributed by atoms with Gasteiger partial charge in [-0.05, 0) is 37.2 Å². The van der Waals surface area contributed by atoms with Gasteiger partial charge in [-0.25, -0.2) is 4.99 Å². The summed E-state index contributed by atoms with van der Waals surface area (Å²) in [5.74, 6) is 0.673. The van der Waals surface area contributed by atoms with Crippen LogP contribution in [0.1, 0.15) is 37.2 Å². The quantitative estimate of drug-likeness (QED) is 0.805. The van der Waals surface area contributed by atoms with Crippen LogP contribution in [0.25, 0.3) is 0 Å². The van der Waals surface area contributed by atoms with Crippen molar-refractivity contribution in [2.75, 3.05) is 6.54 Å². The van der Waals surface area contributed by atoms with Crippen molar-refractivity contribution in [3.05, 3.63) is 35.9 Å². The fourth-order valence-electron chi connectivity index (χ4n) is 2.97. The Bertz CT molecular complexity index is 419. The first kappa shape index (κ1) is 10.6. The Morgan fingerprint density at radius 3 is 2.47 bits per heavy atom. The summed E-state index contributed by atoms with van der Waals surface area (Å²) >= 11 is 0. The van der Waals surface area contributed by atoms with Crippen LogP contribution in [0.5, 0.6) is 0 Å². The number of amidine groups is 1. The number of nitrogens with zero attached hydrogens (tertiary/aromatic N) is 1. The fraction of sp³-hybridized carbons (Fsp3) is 0.500. The van der Waals surface area contributed by atoms with Crippen molar-refractivity contribution in [3.63, 3.8) is 0 Å². The molecule has 0 aromatic heterocycles. The van der Waals surface area contributed by atoms with Gasteiger partial charge in [0.25, 0.3) is 6.02 Å². The summed E-state index contributed by atoms with van der Waals surface area (Å²) in [6.07, 6.45) is 4.48. The monoisotopic (exact) mass is 230 g/mol. The maximum atomic E-state index is 5.70. The molecular formula is C14H18N2O. The van der Waals surface area contributed by atoms with Crippen molar-refractivity contribution >= 4 is 6.02 Å². The first-order chi connectivity index (χ1) is 8.27. The molecule has 17 heavy (non-hydrogen) atoms. The molecule has 3 nitrogen and oxygen atoms in total. The van der Waals surface area contributed by atoms with Crippen LogP contribution in [0.15, 0.2) is 35.3 Å². The van der Waals surface area contributed by atoms with Gasteiger partial charge in [-0.1, -0.05) is 30.3 Å². The maximum absolute atomic E-state index is 5.70. The lowest BCUT2D eigenvalue weighted by atomic mass is 9.76. The second-order valence-corrected chi connectivity index (χ2v) is 5.12. The zero-order valence-corrected chi connectivity index (χ0v) is 9.93. The van der Waals surface area contributed by atoms with E-state index in [2.05, 4.69) is 35.3 Å². The molecule has 3 rings (SSSR count). The van der Waals surface area contributed by atoms with E-state index in [1.54, 1.807) is 0 Å². The van der Waals surface area contributed by atoms with E-state index in [4.69, 9.17) is 10.5 Å². The highest BCUT2D eigenvalue weighted by atomic mass is 16.5. The van der Waals surface area contributed by atoms with Crippen LogP contribution < -0.4 is 5.73 Å². The minimum atomic E-state index is -0.0740. The van der Waals surface area contributed by atoms with Crippen molar-refractivity contribution in [1.82, 2.24) is 0 Å². The summed E-state index contributed by atoms with van der Waals surface area (Å²) in [7, 11) is 0. The van der Waals surface area contributed by atoms with Gasteiger partial charge in [0, 0.05) is 0 Å². The molecule has 0 saturated heterocycles. The van der Waals surface area contributed by atoms with Gasteiger partial charge >= 0.3 is 0 Å². The van der Waals surface area contributed by atoms with Crippen molar-refractivity contribution in [3.8, 4) is 0 Å². The Morgan fingerprint density at radius 2 is 1.88 bits per heavy atom. The Hall–Kier alpha value is -1.51. The molecule has 0 unspecified atom stereocenters. The third kappa shape index (κ3) is 2.02. The van der Waals surface area contributed by atoms with Gasteiger partial charge in [0.1, 0.15) is 5.60 Å². The van der Waals surface area contributed by atoms with Crippen molar-refractivity contribution < 1.29 is 4.74 Å². The highest BCUT2D eigenvalue weighted by Crippen LogP contribution is 2.41. The number of nitrogens with two attached hydrogens (primary N) is 1. The fourth-order valence-corrected chi connectivity index (χ4v) is 2.97. The summed E-state index contributed by atoms with van der Waals surface area (Å²) in [6.45, 7) is 0.750. The molecule has 1 spiro atoms. The average molecular weight is 230 g/mol. The topological polar surface area (TPSA) is 47.6 Å². The minimum absolute atomic E-state index is 0.0740. The molecule has 1 heterocycles. The smallest absolute Gasteiger partial charge is 0.282 e. The van der Waals surface area contributed by atoms with Crippen LogP contribution in [0.4, 0.5) is 0 Å². The molecule has 2 N–H and O–H groups in total. The molecule has 90 valence electrons. The SMILES string of the molecule is NC1=NCC2(CCC(c3ccccc3)CC2)O1. The zero-order valence-electron chi connectivity index (χ0n) is 9.93. The summed E-state index contributed by atoms with van der Waals surface area (Å²) in [5.41, 5.74) is 6.99. The van der Waals surface area contributed by atoms with E-state index in [-0.39, 0.29) is 5.60 Å². The molecule has 1 aliphatic carbocycles. The van der Waals surface area contributed by atoms with Crippen LogP contribution >= 0.6 is 0 Å². The van der Waals surface area contributed by atoms with Gasteiger partial charge in [-0.3, -0.25) is 0 Å².